The second kappa shape index (κ2) is 11.7. The fourth-order valence-corrected chi connectivity index (χ4v) is 4.32. The van der Waals surface area contributed by atoms with Crippen LogP contribution < -0.4 is 0 Å². The quantitative estimate of drug-likeness (QED) is 0.452. The highest BCUT2D eigenvalue weighted by molar-refractivity contribution is 7.99. The molecule has 4 atom stereocenters. The molecule has 0 aromatic carbocycles. The van der Waals surface area contributed by atoms with E-state index in [-0.39, 0.29) is 10.9 Å². The van der Waals surface area contributed by atoms with Gasteiger partial charge in [0.2, 0.25) is 0 Å². The number of thioether (sulfide) groups is 2. The van der Waals surface area contributed by atoms with Gasteiger partial charge in [-0.15, -0.1) is 0 Å². The van der Waals surface area contributed by atoms with Gasteiger partial charge in [-0.3, -0.25) is 4.57 Å². The van der Waals surface area contributed by atoms with Crippen molar-refractivity contribution in [3.05, 3.63) is 12.0 Å². The maximum absolute atomic E-state index is 12.3. The number of alkyl halides is 3. The summed E-state index contributed by atoms with van der Waals surface area (Å²) in [7, 11) is 0. The Balaban J connectivity index is 0.000000614. The van der Waals surface area contributed by atoms with Crippen LogP contribution in [0.5, 0.6) is 0 Å². The molecule has 2 aromatic heterocycles. The average molecular weight is 483 g/mol. The largest absolute Gasteiger partial charge is 0.389 e. The number of rotatable bonds is 7. The summed E-state index contributed by atoms with van der Waals surface area (Å²) in [6.45, 7) is 5.71. The molecule has 0 spiro atoms. The maximum atomic E-state index is 12.3. The molecule has 0 bridgehead atoms. The van der Waals surface area contributed by atoms with Gasteiger partial charge < -0.3 is 14.9 Å². The van der Waals surface area contributed by atoms with Crippen molar-refractivity contribution in [2.75, 3.05) is 17.8 Å². The number of aliphatic hydroxyl groups excluding tert-OH is 2. The Morgan fingerprint density at radius 2 is 1.87 bits per heavy atom. The molecular weight excluding hydrogens is 453 g/mol. The number of hydrogen-bond acceptors (Lipinski definition) is 8. The van der Waals surface area contributed by atoms with Crippen molar-refractivity contribution in [1.29, 1.82) is 0 Å². The van der Waals surface area contributed by atoms with Crippen molar-refractivity contribution >= 4 is 34.7 Å². The predicted molar refractivity (Wildman–Crippen MR) is 116 cm³/mol. The minimum atomic E-state index is -4.24. The molecule has 0 aliphatic carbocycles. The number of halogens is 3. The molecule has 2 aromatic rings. The molecule has 1 fully saturated rings. The lowest BCUT2D eigenvalue weighted by molar-refractivity contribution is -0.129. The summed E-state index contributed by atoms with van der Waals surface area (Å²) in [6.07, 6.45) is -3.38. The Hall–Kier alpha value is -1.08. The van der Waals surface area contributed by atoms with Gasteiger partial charge in [0, 0.05) is 5.75 Å². The SMILES string of the molecule is CCC1OC(n2cnc3c(C)nc(SCCC(F)(F)F)nc32)[C@@H](O)[C@H]1O.CCCSC. The molecule has 0 radical (unpaired) electrons. The molecule has 1 saturated heterocycles. The van der Waals surface area contributed by atoms with E-state index in [0.717, 1.165) is 11.8 Å². The van der Waals surface area contributed by atoms with Gasteiger partial charge in [0.15, 0.2) is 17.0 Å². The van der Waals surface area contributed by atoms with E-state index in [0.29, 0.717) is 23.3 Å². The normalized spacial score (nSPS) is 23.8. The van der Waals surface area contributed by atoms with Crippen molar-refractivity contribution < 1.29 is 28.1 Å². The Morgan fingerprint density at radius 1 is 1.16 bits per heavy atom. The van der Waals surface area contributed by atoms with Crippen LogP contribution in [0, 0.1) is 6.92 Å². The Bertz CT molecular complexity index is 836. The second-order valence-electron chi connectivity index (χ2n) is 7.08. The number of aliphatic hydroxyl groups is 2. The average Bonchev–Trinajstić information content (AvgIpc) is 3.24. The van der Waals surface area contributed by atoms with E-state index in [1.165, 1.54) is 23.1 Å². The van der Waals surface area contributed by atoms with Gasteiger partial charge in [-0.1, -0.05) is 25.6 Å². The fourth-order valence-electron chi connectivity index (χ4n) is 3.04. The lowest BCUT2D eigenvalue weighted by Crippen LogP contribution is -2.31. The van der Waals surface area contributed by atoms with E-state index < -0.39 is 37.1 Å². The number of aryl methyl sites for hydroxylation is 1. The van der Waals surface area contributed by atoms with Crippen molar-refractivity contribution in [3.8, 4) is 0 Å². The Kier molecular flexibility index (Phi) is 9.87. The van der Waals surface area contributed by atoms with Gasteiger partial charge in [0.1, 0.15) is 17.7 Å². The molecule has 3 heterocycles. The topological polar surface area (TPSA) is 93.3 Å². The predicted octanol–water partition coefficient (Wildman–Crippen LogP) is 3.97. The first-order chi connectivity index (χ1) is 14.6. The summed E-state index contributed by atoms with van der Waals surface area (Å²) in [6, 6.07) is 0. The Labute approximate surface area is 188 Å². The van der Waals surface area contributed by atoms with Gasteiger partial charge >= 0.3 is 6.18 Å². The maximum Gasteiger partial charge on any atom is 0.389 e. The van der Waals surface area contributed by atoms with Crippen LogP contribution in [0.1, 0.15) is 45.0 Å². The zero-order valence-electron chi connectivity index (χ0n) is 18.0. The first kappa shape index (κ1) is 26.2. The molecule has 3 rings (SSSR count). The summed E-state index contributed by atoms with van der Waals surface area (Å²) in [5, 5.41) is 20.5. The van der Waals surface area contributed by atoms with E-state index in [1.807, 2.05) is 18.7 Å². The molecule has 1 aliphatic rings. The lowest BCUT2D eigenvalue weighted by atomic mass is 10.1. The zero-order valence-corrected chi connectivity index (χ0v) is 19.6. The third-order valence-corrected chi connectivity index (χ3v) is 6.28. The summed E-state index contributed by atoms with van der Waals surface area (Å²) >= 11 is 2.80. The van der Waals surface area contributed by atoms with Gasteiger partial charge in [-0.05, 0) is 31.8 Å². The first-order valence-electron chi connectivity index (χ1n) is 10.0. The van der Waals surface area contributed by atoms with Gasteiger partial charge in [0.05, 0.1) is 24.5 Å². The van der Waals surface area contributed by atoms with Crippen molar-refractivity contribution in [3.63, 3.8) is 0 Å². The number of nitrogens with zero attached hydrogens (tertiary/aromatic N) is 4. The van der Waals surface area contributed by atoms with Crippen molar-refractivity contribution in [2.45, 2.75) is 75.9 Å². The fraction of sp³-hybridized carbons (Fsp3) is 0.737. The molecule has 31 heavy (non-hydrogen) atoms. The molecule has 1 aliphatic heterocycles. The van der Waals surface area contributed by atoms with Crippen LogP contribution in [0.15, 0.2) is 11.5 Å². The van der Waals surface area contributed by atoms with Crippen LogP contribution in [0.3, 0.4) is 0 Å². The first-order valence-corrected chi connectivity index (χ1v) is 12.4. The summed E-state index contributed by atoms with van der Waals surface area (Å²) in [5.74, 6) is 1.11. The van der Waals surface area contributed by atoms with Crippen LogP contribution in [-0.2, 0) is 4.74 Å². The summed E-state index contributed by atoms with van der Waals surface area (Å²) in [4.78, 5) is 12.7. The number of hydrogen-bond donors (Lipinski definition) is 2. The van der Waals surface area contributed by atoms with Crippen molar-refractivity contribution in [1.82, 2.24) is 19.5 Å². The van der Waals surface area contributed by atoms with E-state index in [9.17, 15) is 23.4 Å². The van der Waals surface area contributed by atoms with Crippen molar-refractivity contribution in [2.24, 2.45) is 0 Å². The molecule has 7 nitrogen and oxygen atoms in total. The number of aromatic nitrogens is 4. The molecule has 2 N–H and O–H groups in total. The third-order valence-electron chi connectivity index (χ3n) is 4.61. The van der Waals surface area contributed by atoms with Crippen LogP contribution >= 0.6 is 23.5 Å². The molecule has 0 saturated carbocycles. The molecule has 12 heteroatoms. The van der Waals surface area contributed by atoms with Crippen LogP contribution in [0.4, 0.5) is 13.2 Å². The van der Waals surface area contributed by atoms with Crippen LogP contribution in [-0.4, -0.2) is 72.0 Å². The zero-order chi connectivity index (χ0) is 23.2. The molecule has 0 amide bonds. The standard InChI is InChI=1S/C15H19F3N4O3S.C4H10S/c1-3-8-10(23)11(24)13(25-8)22-6-19-9-7(2)20-14(21-12(9)22)26-5-4-15(16,17)18;1-3-4-5-2/h6,8,10-11,13,23-24H,3-5H2,1-2H3;3-4H2,1-2H3/t8?,10-,11-,13?;/m0./s1. The van der Waals surface area contributed by atoms with Gasteiger partial charge in [-0.2, -0.15) is 24.9 Å². The highest BCUT2D eigenvalue weighted by Gasteiger charge is 2.43. The number of ether oxygens (including phenoxy) is 1. The van der Waals surface area contributed by atoms with Gasteiger partial charge in [0.25, 0.3) is 0 Å². The molecule has 176 valence electrons. The number of imidazole rings is 1. The minimum absolute atomic E-state index is 0.193. The van der Waals surface area contributed by atoms with E-state index in [4.69, 9.17) is 4.74 Å². The van der Waals surface area contributed by atoms with Crippen LogP contribution in [0.2, 0.25) is 0 Å². The van der Waals surface area contributed by atoms with Gasteiger partial charge in [-0.25, -0.2) is 15.0 Å². The minimum Gasteiger partial charge on any atom is -0.388 e. The monoisotopic (exact) mass is 482 g/mol. The summed E-state index contributed by atoms with van der Waals surface area (Å²) < 4.78 is 44.2. The van der Waals surface area contributed by atoms with E-state index in [1.54, 1.807) is 6.92 Å². The highest BCUT2D eigenvalue weighted by atomic mass is 32.2. The smallest absolute Gasteiger partial charge is 0.388 e. The second-order valence-corrected chi connectivity index (χ2v) is 9.12. The summed E-state index contributed by atoms with van der Waals surface area (Å²) in [5.41, 5.74) is 1.33. The van der Waals surface area contributed by atoms with E-state index in [2.05, 4.69) is 28.1 Å². The van der Waals surface area contributed by atoms with E-state index >= 15 is 0 Å². The lowest BCUT2D eigenvalue weighted by Gasteiger charge is -2.16. The Morgan fingerprint density at radius 3 is 2.39 bits per heavy atom. The third kappa shape index (κ3) is 6.95. The molecular formula is C19H29F3N4O3S2. The van der Waals surface area contributed by atoms with Crippen LogP contribution in [0.25, 0.3) is 11.2 Å². The number of fused-ring (bicyclic) bond motifs is 1. The highest BCUT2D eigenvalue weighted by Crippen LogP contribution is 2.33. The molecule has 2 unspecified atom stereocenters.